The van der Waals surface area contributed by atoms with Crippen LogP contribution in [-0.4, -0.2) is 54.1 Å². The largest absolute Gasteiger partial charge is 0.390 e. The lowest BCUT2D eigenvalue weighted by Crippen LogP contribution is -2.71. The molecule has 0 heterocycles. The van der Waals surface area contributed by atoms with E-state index in [1.807, 2.05) is 0 Å². The number of aliphatic hydroxyl groups is 2. The first-order chi connectivity index (χ1) is 12.2. The minimum absolute atomic E-state index is 0.0344. The molecule has 0 aromatic rings. The van der Waals surface area contributed by atoms with E-state index in [0.29, 0.717) is 36.9 Å². The van der Waals surface area contributed by atoms with Crippen LogP contribution in [0.15, 0.2) is 0 Å². The molecular weight excluding hydrogens is 332 g/mol. The number of aliphatic hydroxyl groups excluding tert-OH is 1. The molecule has 9 atom stereocenters. The van der Waals surface area contributed by atoms with Crippen LogP contribution in [0.4, 0.5) is 0 Å². The van der Waals surface area contributed by atoms with Crippen molar-refractivity contribution in [3.05, 3.63) is 0 Å². The van der Waals surface area contributed by atoms with E-state index < -0.39 is 17.8 Å². The van der Waals surface area contributed by atoms with E-state index in [-0.39, 0.29) is 22.9 Å². The van der Waals surface area contributed by atoms with Crippen molar-refractivity contribution in [2.75, 3.05) is 14.2 Å². The third-order valence-electron chi connectivity index (χ3n) is 9.06. The van der Waals surface area contributed by atoms with Gasteiger partial charge < -0.3 is 19.7 Å². The fourth-order valence-electron chi connectivity index (χ4n) is 7.69. The third-order valence-corrected chi connectivity index (χ3v) is 9.06. The van der Waals surface area contributed by atoms with E-state index in [1.54, 1.807) is 14.2 Å². The Morgan fingerprint density at radius 1 is 1.08 bits per heavy atom. The lowest BCUT2D eigenvalue weighted by molar-refractivity contribution is -0.287. The molecule has 0 radical (unpaired) electrons. The molecule has 0 bridgehead atoms. The molecule has 2 N–H and O–H groups in total. The Kier molecular flexibility index (Phi) is 4.35. The molecule has 4 rings (SSSR count). The number of ether oxygens (including phenoxy) is 2. The molecule has 26 heavy (non-hydrogen) atoms. The Balaban J connectivity index is 1.77. The summed E-state index contributed by atoms with van der Waals surface area (Å²) in [5, 5.41) is 22.3. The SMILES string of the molecule is CO[C@H]1C[C@]2(C)C(=O)CC[C@H]2[C@@H]2CC[C@@]3(O)[C@@H](OC)[C@H](O)CC[C@]3(C)[C@H]21. The van der Waals surface area contributed by atoms with Gasteiger partial charge in [-0.3, -0.25) is 4.79 Å². The van der Waals surface area contributed by atoms with Gasteiger partial charge in [-0.2, -0.15) is 0 Å². The van der Waals surface area contributed by atoms with Crippen molar-refractivity contribution in [2.24, 2.45) is 28.6 Å². The highest BCUT2D eigenvalue weighted by molar-refractivity contribution is 5.87. The van der Waals surface area contributed by atoms with Gasteiger partial charge in [-0.25, -0.2) is 0 Å². The number of fused-ring (bicyclic) bond motifs is 5. The van der Waals surface area contributed by atoms with E-state index in [4.69, 9.17) is 9.47 Å². The number of methoxy groups -OCH3 is 2. The molecule has 4 fully saturated rings. The number of rotatable bonds is 2. The molecule has 4 aliphatic rings. The molecule has 5 heteroatoms. The minimum atomic E-state index is -1.05. The quantitative estimate of drug-likeness (QED) is 0.784. The van der Waals surface area contributed by atoms with E-state index in [2.05, 4.69) is 13.8 Å². The van der Waals surface area contributed by atoms with Crippen LogP contribution in [0.2, 0.25) is 0 Å². The minimum Gasteiger partial charge on any atom is -0.390 e. The Morgan fingerprint density at radius 2 is 1.81 bits per heavy atom. The second-order valence-corrected chi connectivity index (χ2v) is 9.80. The average Bonchev–Trinajstić information content (AvgIpc) is 2.90. The summed E-state index contributed by atoms with van der Waals surface area (Å²) in [7, 11) is 3.33. The van der Waals surface area contributed by atoms with E-state index in [0.717, 1.165) is 25.7 Å². The van der Waals surface area contributed by atoms with Crippen LogP contribution in [0, 0.1) is 28.6 Å². The Bertz CT molecular complexity index is 593. The van der Waals surface area contributed by atoms with E-state index in [1.165, 1.54) is 0 Å². The Labute approximate surface area is 156 Å². The van der Waals surface area contributed by atoms with Gasteiger partial charge in [0, 0.05) is 31.5 Å². The fourth-order valence-corrected chi connectivity index (χ4v) is 7.69. The van der Waals surface area contributed by atoms with Crippen LogP contribution in [0.5, 0.6) is 0 Å². The molecular formula is C21H34O5. The summed E-state index contributed by atoms with van der Waals surface area (Å²) in [6.07, 6.45) is 4.08. The van der Waals surface area contributed by atoms with Crippen LogP contribution in [0.1, 0.15) is 58.8 Å². The molecule has 0 spiro atoms. The average molecular weight is 366 g/mol. The zero-order valence-corrected chi connectivity index (χ0v) is 16.5. The summed E-state index contributed by atoms with van der Waals surface area (Å²) in [5.41, 5.74) is -1.69. The van der Waals surface area contributed by atoms with Crippen molar-refractivity contribution in [3.63, 3.8) is 0 Å². The molecule has 148 valence electrons. The van der Waals surface area contributed by atoms with Crippen molar-refractivity contribution in [3.8, 4) is 0 Å². The lowest BCUT2D eigenvalue weighted by Gasteiger charge is -2.66. The zero-order valence-electron chi connectivity index (χ0n) is 16.5. The second-order valence-electron chi connectivity index (χ2n) is 9.80. The molecule has 0 saturated heterocycles. The third kappa shape index (κ3) is 2.15. The van der Waals surface area contributed by atoms with Crippen LogP contribution < -0.4 is 0 Å². The van der Waals surface area contributed by atoms with E-state index >= 15 is 0 Å². The Morgan fingerprint density at radius 3 is 2.46 bits per heavy atom. The molecule has 4 saturated carbocycles. The highest BCUT2D eigenvalue weighted by Gasteiger charge is 2.69. The Hall–Kier alpha value is -0.490. The summed E-state index contributed by atoms with van der Waals surface area (Å²) in [4.78, 5) is 12.7. The summed E-state index contributed by atoms with van der Waals surface area (Å²) < 4.78 is 11.6. The molecule has 4 aliphatic carbocycles. The van der Waals surface area contributed by atoms with Gasteiger partial charge in [0.1, 0.15) is 11.9 Å². The molecule has 0 aromatic carbocycles. The summed E-state index contributed by atoms with van der Waals surface area (Å²) in [6, 6.07) is 0. The predicted octanol–water partition coefficient (Wildman–Crippen LogP) is 2.32. The van der Waals surface area contributed by atoms with Gasteiger partial charge in [0.25, 0.3) is 0 Å². The molecule has 0 aromatic heterocycles. The summed E-state index contributed by atoms with van der Waals surface area (Å²) >= 11 is 0. The highest BCUT2D eigenvalue weighted by atomic mass is 16.5. The van der Waals surface area contributed by atoms with Crippen molar-refractivity contribution in [2.45, 2.75) is 82.7 Å². The molecule has 0 amide bonds. The van der Waals surface area contributed by atoms with Crippen LogP contribution >= 0.6 is 0 Å². The first-order valence-corrected chi connectivity index (χ1v) is 10.2. The van der Waals surface area contributed by atoms with Gasteiger partial charge in [-0.15, -0.1) is 0 Å². The molecule has 5 nitrogen and oxygen atoms in total. The van der Waals surface area contributed by atoms with Gasteiger partial charge in [0.05, 0.1) is 17.8 Å². The predicted molar refractivity (Wildman–Crippen MR) is 96.6 cm³/mol. The van der Waals surface area contributed by atoms with Gasteiger partial charge >= 0.3 is 0 Å². The van der Waals surface area contributed by atoms with Gasteiger partial charge in [-0.05, 0) is 56.3 Å². The van der Waals surface area contributed by atoms with Crippen molar-refractivity contribution in [1.29, 1.82) is 0 Å². The molecule has 0 unspecified atom stereocenters. The van der Waals surface area contributed by atoms with Crippen LogP contribution in [0.3, 0.4) is 0 Å². The van der Waals surface area contributed by atoms with Crippen molar-refractivity contribution >= 4 is 5.78 Å². The maximum absolute atomic E-state index is 12.7. The van der Waals surface area contributed by atoms with Gasteiger partial charge in [0.15, 0.2) is 0 Å². The first-order valence-electron chi connectivity index (χ1n) is 10.2. The number of Topliss-reactive ketones (excluding diaryl/α,β-unsaturated/α-hetero) is 1. The number of hydrogen-bond donors (Lipinski definition) is 2. The number of hydrogen-bond acceptors (Lipinski definition) is 5. The normalized spacial score (nSPS) is 56.6. The number of carbonyl (C=O) groups is 1. The van der Waals surface area contributed by atoms with Gasteiger partial charge in [-0.1, -0.05) is 13.8 Å². The van der Waals surface area contributed by atoms with Crippen LogP contribution in [0.25, 0.3) is 0 Å². The van der Waals surface area contributed by atoms with Gasteiger partial charge in [0.2, 0.25) is 0 Å². The van der Waals surface area contributed by atoms with Crippen LogP contribution in [-0.2, 0) is 14.3 Å². The topological polar surface area (TPSA) is 76.0 Å². The lowest BCUT2D eigenvalue weighted by atomic mass is 9.42. The molecule has 0 aliphatic heterocycles. The van der Waals surface area contributed by atoms with E-state index in [9.17, 15) is 15.0 Å². The maximum atomic E-state index is 12.7. The fraction of sp³-hybridized carbons (Fsp3) is 0.952. The standard InChI is InChI=1S/C21H34O5/c1-19-11-15(25-3)17-12(13(19)5-6-16(19)23)7-10-21(24)18(26-4)14(22)8-9-20(17,21)2/h12-15,17-18,22,24H,5-11H2,1-4H3/t12-,13-,14+,15-,17+,18-,19-,20+,21+/m0/s1. The monoisotopic (exact) mass is 366 g/mol. The van der Waals surface area contributed by atoms with Crippen molar-refractivity contribution < 1.29 is 24.5 Å². The highest BCUT2D eigenvalue weighted by Crippen LogP contribution is 2.67. The summed E-state index contributed by atoms with van der Waals surface area (Å²) in [5.74, 6) is 1.37. The number of ketones is 1. The maximum Gasteiger partial charge on any atom is 0.139 e. The van der Waals surface area contributed by atoms with Crippen molar-refractivity contribution in [1.82, 2.24) is 0 Å². The second kappa shape index (κ2) is 6.00. The summed E-state index contributed by atoms with van der Waals surface area (Å²) in [6.45, 7) is 4.31. The zero-order chi connectivity index (χ0) is 18.9. The smallest absolute Gasteiger partial charge is 0.139 e. The number of carbonyl (C=O) groups excluding carboxylic acids is 1. The first kappa shape index (κ1) is 18.9.